The Morgan fingerprint density at radius 1 is 1.41 bits per heavy atom. The molecule has 0 aromatic carbocycles. The summed E-state index contributed by atoms with van der Waals surface area (Å²) in [6, 6.07) is 0. The average Bonchev–Trinajstić information content (AvgIpc) is 2.83. The Kier molecular flexibility index (Phi) is 2.54. The van der Waals surface area contributed by atoms with Gasteiger partial charge in [0.25, 0.3) is 0 Å². The molecule has 92 valence electrons. The van der Waals surface area contributed by atoms with Crippen LogP contribution in [0.1, 0.15) is 30.7 Å². The molecule has 2 atom stereocenters. The van der Waals surface area contributed by atoms with Crippen LogP contribution >= 0.6 is 11.6 Å². The van der Waals surface area contributed by atoms with Crippen molar-refractivity contribution in [2.24, 2.45) is 24.8 Å². The third-order valence-corrected chi connectivity index (χ3v) is 4.79. The van der Waals surface area contributed by atoms with Gasteiger partial charge in [0.2, 0.25) is 0 Å². The maximum atomic E-state index is 12.2. The molecule has 0 aliphatic heterocycles. The first kappa shape index (κ1) is 11.3. The summed E-state index contributed by atoms with van der Waals surface area (Å²) >= 11 is 6.17. The lowest BCUT2D eigenvalue weighted by molar-refractivity contribution is -0.122. The SMILES string of the molecule is Cc1nn(C)c(CC(=O)C2CC3CC3C2)c1Cl. The van der Waals surface area contributed by atoms with Gasteiger partial charge in [0.1, 0.15) is 5.78 Å². The molecule has 2 saturated carbocycles. The van der Waals surface area contributed by atoms with Crippen LogP contribution in [-0.2, 0) is 18.3 Å². The van der Waals surface area contributed by atoms with Crippen molar-refractivity contribution in [1.82, 2.24) is 9.78 Å². The number of ketones is 1. The van der Waals surface area contributed by atoms with Crippen molar-refractivity contribution in [2.75, 3.05) is 0 Å². The zero-order valence-electron chi connectivity index (χ0n) is 10.2. The minimum Gasteiger partial charge on any atom is -0.299 e. The first-order chi connectivity index (χ1) is 8.06. The van der Waals surface area contributed by atoms with Gasteiger partial charge in [-0.15, -0.1) is 0 Å². The van der Waals surface area contributed by atoms with Gasteiger partial charge in [0, 0.05) is 13.0 Å². The fraction of sp³-hybridized carbons (Fsp3) is 0.692. The molecule has 2 unspecified atom stereocenters. The number of hydrogen-bond donors (Lipinski definition) is 0. The minimum atomic E-state index is 0.282. The predicted molar refractivity (Wildman–Crippen MR) is 66.0 cm³/mol. The van der Waals surface area contributed by atoms with E-state index >= 15 is 0 Å². The first-order valence-electron chi connectivity index (χ1n) is 6.27. The molecule has 1 aromatic rings. The topological polar surface area (TPSA) is 34.9 Å². The monoisotopic (exact) mass is 252 g/mol. The largest absolute Gasteiger partial charge is 0.299 e. The van der Waals surface area contributed by atoms with Gasteiger partial charge in [-0.3, -0.25) is 9.48 Å². The van der Waals surface area contributed by atoms with Crippen LogP contribution in [0.5, 0.6) is 0 Å². The molecule has 0 bridgehead atoms. The van der Waals surface area contributed by atoms with Crippen LogP contribution in [0.4, 0.5) is 0 Å². The van der Waals surface area contributed by atoms with E-state index in [0.717, 1.165) is 36.1 Å². The summed E-state index contributed by atoms with van der Waals surface area (Å²) in [7, 11) is 1.85. The summed E-state index contributed by atoms with van der Waals surface area (Å²) in [5.74, 6) is 2.34. The first-order valence-corrected chi connectivity index (χ1v) is 6.64. The van der Waals surface area contributed by atoms with Crippen LogP contribution in [0.2, 0.25) is 5.02 Å². The number of hydrogen-bond acceptors (Lipinski definition) is 2. The molecule has 2 aliphatic rings. The Morgan fingerprint density at radius 2 is 2.06 bits per heavy atom. The number of aromatic nitrogens is 2. The second kappa shape index (κ2) is 3.84. The van der Waals surface area contributed by atoms with Gasteiger partial charge in [-0.2, -0.15) is 5.10 Å². The Bertz CT molecular complexity index is 470. The van der Waals surface area contributed by atoms with Gasteiger partial charge in [0.15, 0.2) is 0 Å². The summed E-state index contributed by atoms with van der Waals surface area (Å²) in [6.45, 7) is 1.88. The molecule has 3 nitrogen and oxygen atoms in total. The van der Waals surface area contributed by atoms with Crippen molar-refractivity contribution in [1.29, 1.82) is 0 Å². The minimum absolute atomic E-state index is 0.282. The van der Waals surface area contributed by atoms with E-state index in [-0.39, 0.29) is 5.92 Å². The average molecular weight is 253 g/mol. The van der Waals surface area contributed by atoms with Crippen molar-refractivity contribution < 1.29 is 4.79 Å². The highest BCUT2D eigenvalue weighted by Gasteiger charge is 2.47. The summed E-state index contributed by atoms with van der Waals surface area (Å²) in [6.07, 6.45) is 4.02. The lowest BCUT2D eigenvalue weighted by atomic mass is 9.95. The molecule has 0 spiro atoms. The van der Waals surface area contributed by atoms with E-state index in [1.807, 2.05) is 14.0 Å². The van der Waals surface area contributed by atoms with Crippen molar-refractivity contribution in [3.8, 4) is 0 Å². The molecule has 0 saturated heterocycles. The second-order valence-corrected chi connectivity index (χ2v) is 5.91. The third-order valence-electron chi connectivity index (χ3n) is 4.30. The van der Waals surface area contributed by atoms with Crippen molar-refractivity contribution in [3.05, 3.63) is 16.4 Å². The molecule has 4 heteroatoms. The zero-order chi connectivity index (χ0) is 12.2. The Balaban J connectivity index is 1.71. The Hall–Kier alpha value is -0.830. The normalized spacial score (nSPS) is 30.4. The second-order valence-electron chi connectivity index (χ2n) is 5.54. The van der Waals surface area contributed by atoms with E-state index in [2.05, 4.69) is 5.10 Å². The quantitative estimate of drug-likeness (QED) is 0.829. The molecule has 3 rings (SSSR count). The number of Topliss-reactive ketones (excluding diaryl/α,β-unsaturated/α-hetero) is 1. The van der Waals surface area contributed by atoms with E-state index in [1.165, 1.54) is 6.42 Å². The van der Waals surface area contributed by atoms with Gasteiger partial charge in [-0.25, -0.2) is 0 Å². The van der Waals surface area contributed by atoms with Crippen LogP contribution in [0.25, 0.3) is 0 Å². The molecule has 2 fully saturated rings. The van der Waals surface area contributed by atoms with Gasteiger partial charge in [-0.05, 0) is 38.0 Å². The summed E-state index contributed by atoms with van der Waals surface area (Å²) in [4.78, 5) is 12.2. The van der Waals surface area contributed by atoms with Gasteiger partial charge < -0.3 is 0 Å². The lowest BCUT2D eigenvalue weighted by Crippen LogP contribution is -2.17. The molecule has 0 amide bonds. The van der Waals surface area contributed by atoms with E-state index in [4.69, 9.17) is 11.6 Å². The molecule has 1 aromatic heterocycles. The van der Waals surface area contributed by atoms with Gasteiger partial charge in [0.05, 0.1) is 22.8 Å². The molecule has 17 heavy (non-hydrogen) atoms. The smallest absolute Gasteiger partial charge is 0.141 e. The lowest BCUT2D eigenvalue weighted by Gasteiger charge is -2.10. The standard InChI is InChI=1S/C13H17ClN2O/c1-7-13(14)11(16(2)15-7)6-12(17)10-4-8-3-9(8)5-10/h8-10H,3-6H2,1-2H3. The van der Waals surface area contributed by atoms with Crippen LogP contribution in [-0.4, -0.2) is 15.6 Å². The van der Waals surface area contributed by atoms with Gasteiger partial charge >= 0.3 is 0 Å². The number of rotatable bonds is 3. The van der Waals surface area contributed by atoms with Crippen LogP contribution in [0.3, 0.4) is 0 Å². The molecule has 2 aliphatic carbocycles. The number of nitrogens with zero attached hydrogens (tertiary/aromatic N) is 2. The number of aryl methyl sites for hydroxylation is 2. The molecule has 1 heterocycles. The predicted octanol–water partition coefficient (Wildman–Crippen LogP) is 2.54. The van der Waals surface area contributed by atoms with E-state index in [9.17, 15) is 4.79 Å². The van der Waals surface area contributed by atoms with E-state index < -0.39 is 0 Å². The number of carbonyl (C=O) groups excluding carboxylic acids is 1. The highest BCUT2D eigenvalue weighted by atomic mass is 35.5. The van der Waals surface area contributed by atoms with Crippen molar-refractivity contribution in [2.45, 2.75) is 32.6 Å². The third kappa shape index (κ3) is 1.90. The summed E-state index contributed by atoms with van der Waals surface area (Å²) < 4.78 is 1.74. The van der Waals surface area contributed by atoms with Crippen LogP contribution < -0.4 is 0 Å². The van der Waals surface area contributed by atoms with Crippen molar-refractivity contribution >= 4 is 17.4 Å². The summed E-state index contributed by atoms with van der Waals surface area (Å²) in [5, 5.41) is 4.90. The molecule has 0 N–H and O–H groups in total. The maximum absolute atomic E-state index is 12.2. The fourth-order valence-electron chi connectivity index (χ4n) is 3.16. The van der Waals surface area contributed by atoms with E-state index in [0.29, 0.717) is 17.2 Å². The number of carbonyl (C=O) groups is 1. The van der Waals surface area contributed by atoms with Crippen molar-refractivity contribution in [3.63, 3.8) is 0 Å². The van der Waals surface area contributed by atoms with E-state index in [1.54, 1.807) is 4.68 Å². The number of fused-ring (bicyclic) bond motifs is 1. The Morgan fingerprint density at radius 3 is 2.59 bits per heavy atom. The molecular formula is C13H17ClN2O. The van der Waals surface area contributed by atoms with Crippen LogP contribution in [0, 0.1) is 24.7 Å². The Labute approximate surface area is 106 Å². The highest BCUT2D eigenvalue weighted by molar-refractivity contribution is 6.32. The fourth-order valence-corrected chi connectivity index (χ4v) is 3.39. The highest BCUT2D eigenvalue weighted by Crippen LogP contribution is 2.54. The van der Waals surface area contributed by atoms with Crippen LogP contribution in [0.15, 0.2) is 0 Å². The number of halogens is 1. The molecule has 0 radical (unpaired) electrons. The summed E-state index contributed by atoms with van der Waals surface area (Å²) in [5.41, 5.74) is 1.68. The van der Waals surface area contributed by atoms with Gasteiger partial charge in [-0.1, -0.05) is 11.6 Å². The zero-order valence-corrected chi connectivity index (χ0v) is 11.0. The molecular weight excluding hydrogens is 236 g/mol. The maximum Gasteiger partial charge on any atom is 0.141 e.